The van der Waals surface area contributed by atoms with E-state index in [0.29, 0.717) is 0 Å². The quantitative estimate of drug-likeness (QED) is 0.173. The first kappa shape index (κ1) is 26.0. The van der Waals surface area contributed by atoms with E-state index in [1.165, 1.54) is 95.3 Å². The van der Waals surface area contributed by atoms with E-state index in [1.54, 1.807) is 0 Å². The lowest BCUT2D eigenvalue weighted by Crippen LogP contribution is -1.90. The molecule has 0 aliphatic carbocycles. The fourth-order valence-corrected chi connectivity index (χ4v) is 9.83. The van der Waals surface area contributed by atoms with Crippen LogP contribution in [0.1, 0.15) is 0 Å². The molecular weight excluding hydrogens is 593 g/mol. The molecule has 0 saturated carbocycles. The largest absolute Gasteiger partial charge is 0.135 e. The molecule has 0 unspecified atom stereocenters. The molecule has 0 amide bonds. The molecule has 10 aromatic rings. The zero-order chi connectivity index (χ0) is 30.2. The van der Waals surface area contributed by atoms with E-state index in [0.717, 1.165) is 0 Å². The van der Waals surface area contributed by atoms with Gasteiger partial charge in [-0.05, 0) is 79.2 Å². The topological polar surface area (TPSA) is 0 Å². The Morgan fingerprint density at radius 3 is 1.46 bits per heavy atom. The molecule has 10 rings (SSSR count). The summed E-state index contributed by atoms with van der Waals surface area (Å²) in [6.07, 6.45) is 0. The summed E-state index contributed by atoms with van der Waals surface area (Å²) in [4.78, 5) is 0. The van der Waals surface area contributed by atoms with Crippen molar-refractivity contribution in [3.63, 3.8) is 0 Å². The number of thiophene rings is 2. The predicted octanol–water partition coefficient (Wildman–Crippen LogP) is 13.7. The highest BCUT2D eigenvalue weighted by Gasteiger charge is 2.17. The molecule has 0 N–H and O–H groups in total. The first-order valence-electron chi connectivity index (χ1n) is 15.7. The van der Waals surface area contributed by atoms with Gasteiger partial charge in [-0.25, -0.2) is 0 Å². The summed E-state index contributed by atoms with van der Waals surface area (Å²) >= 11 is 3.82. The van der Waals surface area contributed by atoms with Crippen LogP contribution in [-0.4, -0.2) is 0 Å². The van der Waals surface area contributed by atoms with Gasteiger partial charge in [-0.3, -0.25) is 0 Å². The molecular formula is C44H26S2. The molecule has 0 saturated heterocycles. The van der Waals surface area contributed by atoms with Crippen molar-refractivity contribution < 1.29 is 0 Å². The molecule has 2 heteroatoms. The summed E-state index contributed by atoms with van der Waals surface area (Å²) in [6.45, 7) is 0. The Labute approximate surface area is 274 Å². The van der Waals surface area contributed by atoms with Crippen LogP contribution in [0.25, 0.3) is 95.3 Å². The van der Waals surface area contributed by atoms with Gasteiger partial charge in [0, 0.05) is 40.3 Å². The smallest absolute Gasteiger partial charge is 0.0448 e. The molecule has 0 atom stereocenters. The second kappa shape index (κ2) is 10.1. The Balaban J connectivity index is 1.14. The number of rotatable bonds is 3. The monoisotopic (exact) mass is 618 g/mol. The number of fused-ring (bicyclic) bond motifs is 9. The Morgan fingerprint density at radius 2 is 0.783 bits per heavy atom. The summed E-state index contributed by atoms with van der Waals surface area (Å²) in [5.41, 5.74) is 7.58. The van der Waals surface area contributed by atoms with Gasteiger partial charge in [0.2, 0.25) is 0 Å². The molecule has 8 aromatic carbocycles. The van der Waals surface area contributed by atoms with Crippen LogP contribution in [0.3, 0.4) is 0 Å². The molecule has 0 aliphatic rings. The maximum Gasteiger partial charge on any atom is 0.0448 e. The summed E-state index contributed by atoms with van der Waals surface area (Å²) in [5.74, 6) is 0. The average molecular weight is 619 g/mol. The molecule has 0 nitrogen and oxygen atoms in total. The van der Waals surface area contributed by atoms with Gasteiger partial charge in [-0.2, -0.15) is 0 Å². The third-order valence-electron chi connectivity index (χ3n) is 9.48. The third kappa shape index (κ3) is 3.84. The van der Waals surface area contributed by atoms with Crippen molar-refractivity contribution in [2.45, 2.75) is 0 Å². The highest BCUT2D eigenvalue weighted by molar-refractivity contribution is 7.29. The minimum absolute atomic E-state index is 1.24. The molecule has 46 heavy (non-hydrogen) atoms. The van der Waals surface area contributed by atoms with Crippen molar-refractivity contribution in [3.05, 3.63) is 158 Å². The fourth-order valence-electron chi connectivity index (χ4n) is 7.41. The van der Waals surface area contributed by atoms with Crippen molar-refractivity contribution in [1.29, 1.82) is 0 Å². The van der Waals surface area contributed by atoms with Crippen LogP contribution < -0.4 is 0 Å². The fraction of sp³-hybridized carbons (Fsp3) is 0. The van der Waals surface area contributed by atoms with Crippen LogP contribution in [0, 0.1) is 0 Å². The van der Waals surface area contributed by atoms with Crippen LogP contribution >= 0.6 is 22.7 Å². The van der Waals surface area contributed by atoms with Gasteiger partial charge in [0.1, 0.15) is 0 Å². The Kier molecular flexibility index (Phi) is 5.72. The number of hydrogen-bond donors (Lipinski definition) is 0. The van der Waals surface area contributed by atoms with Crippen molar-refractivity contribution in [2.75, 3.05) is 0 Å². The number of benzene rings is 8. The van der Waals surface area contributed by atoms with Crippen LogP contribution in [0.5, 0.6) is 0 Å². The Morgan fingerprint density at radius 1 is 0.283 bits per heavy atom. The molecule has 0 fully saturated rings. The third-order valence-corrected chi connectivity index (χ3v) is 11.8. The second-order valence-corrected chi connectivity index (χ2v) is 14.1. The molecule has 0 radical (unpaired) electrons. The zero-order valence-electron chi connectivity index (χ0n) is 24.8. The van der Waals surface area contributed by atoms with Gasteiger partial charge < -0.3 is 0 Å². The molecule has 2 heterocycles. The summed E-state index contributed by atoms with van der Waals surface area (Å²) in [5, 5.41) is 10.6. The van der Waals surface area contributed by atoms with E-state index in [9.17, 15) is 0 Å². The molecule has 0 spiro atoms. The summed E-state index contributed by atoms with van der Waals surface area (Å²) in [6, 6.07) is 58.2. The van der Waals surface area contributed by atoms with Crippen LogP contribution in [0.4, 0.5) is 0 Å². The lowest BCUT2D eigenvalue weighted by Gasteiger charge is -2.18. The lowest BCUT2D eigenvalue weighted by molar-refractivity contribution is 1.63. The number of hydrogen-bond acceptors (Lipinski definition) is 2. The standard InChI is InChI=1S/C44H26S2/c1-2-10-28(11-3-1)41-32-13-4-6-15-34(32)42(35-16-7-5-14-33(35)41)29-20-18-27(19-21-29)30-22-24-39-37(26-30)43-40(45-39)25-23-36-31-12-8-9-17-38(31)46-44(36)43/h1-26H. The maximum absolute atomic E-state index is 2.41. The Hall–Kier alpha value is -5.28. The first-order valence-corrected chi connectivity index (χ1v) is 17.3. The van der Waals surface area contributed by atoms with Crippen molar-refractivity contribution in [3.8, 4) is 33.4 Å². The van der Waals surface area contributed by atoms with Gasteiger partial charge in [0.25, 0.3) is 0 Å². The minimum atomic E-state index is 1.24. The van der Waals surface area contributed by atoms with Crippen molar-refractivity contribution in [2.24, 2.45) is 0 Å². The minimum Gasteiger partial charge on any atom is -0.135 e. The van der Waals surface area contributed by atoms with Gasteiger partial charge in [0.15, 0.2) is 0 Å². The normalized spacial score (nSPS) is 11.9. The Bertz CT molecular complexity index is 2720. The molecule has 2 aromatic heterocycles. The van der Waals surface area contributed by atoms with E-state index in [-0.39, 0.29) is 0 Å². The average Bonchev–Trinajstić information content (AvgIpc) is 3.69. The summed E-state index contributed by atoms with van der Waals surface area (Å²) < 4.78 is 5.46. The maximum atomic E-state index is 2.41. The van der Waals surface area contributed by atoms with Gasteiger partial charge in [-0.1, -0.05) is 133 Å². The van der Waals surface area contributed by atoms with Crippen molar-refractivity contribution in [1.82, 2.24) is 0 Å². The van der Waals surface area contributed by atoms with Gasteiger partial charge in [0.05, 0.1) is 0 Å². The first-order chi connectivity index (χ1) is 22.8. The van der Waals surface area contributed by atoms with E-state index in [4.69, 9.17) is 0 Å². The highest BCUT2D eigenvalue weighted by atomic mass is 32.1. The van der Waals surface area contributed by atoms with E-state index >= 15 is 0 Å². The molecule has 0 aliphatic heterocycles. The van der Waals surface area contributed by atoms with Crippen LogP contribution in [0.15, 0.2) is 158 Å². The van der Waals surface area contributed by atoms with Crippen LogP contribution in [0.2, 0.25) is 0 Å². The lowest BCUT2D eigenvalue weighted by atomic mass is 9.86. The summed E-state index contributed by atoms with van der Waals surface area (Å²) in [7, 11) is 0. The van der Waals surface area contributed by atoms with E-state index in [1.807, 2.05) is 22.7 Å². The highest BCUT2D eigenvalue weighted by Crippen LogP contribution is 2.46. The van der Waals surface area contributed by atoms with Crippen LogP contribution in [-0.2, 0) is 0 Å². The zero-order valence-corrected chi connectivity index (χ0v) is 26.5. The SMILES string of the molecule is c1ccc(-c2c3ccccc3c(-c3ccc(-c4ccc5sc6ccc7c8ccccc8sc7c6c5c4)cc3)c3ccccc23)cc1. The second-order valence-electron chi connectivity index (χ2n) is 12.0. The van der Waals surface area contributed by atoms with Gasteiger partial charge >= 0.3 is 0 Å². The van der Waals surface area contributed by atoms with E-state index in [2.05, 4.69) is 158 Å². The molecule has 0 bridgehead atoms. The van der Waals surface area contributed by atoms with E-state index < -0.39 is 0 Å². The predicted molar refractivity (Wildman–Crippen MR) is 204 cm³/mol. The van der Waals surface area contributed by atoms with Gasteiger partial charge in [-0.15, -0.1) is 22.7 Å². The molecule has 214 valence electrons. The van der Waals surface area contributed by atoms with Crippen molar-refractivity contribution >= 4 is 84.6 Å².